The molecule has 0 atom stereocenters. The molecule has 0 radical (unpaired) electrons. The van der Waals surface area contributed by atoms with Crippen LogP contribution in [0.1, 0.15) is 20.8 Å². The van der Waals surface area contributed by atoms with Crippen molar-refractivity contribution in [3.8, 4) is 0 Å². The first kappa shape index (κ1) is 18.9. The predicted octanol–water partition coefficient (Wildman–Crippen LogP) is 3.43. The molecule has 0 unspecified atom stereocenters. The maximum Gasteiger partial charge on any atom is 0.340 e. The molecule has 0 spiro atoms. The van der Waals surface area contributed by atoms with E-state index < -0.39 is 5.97 Å². The number of nitrogens with zero attached hydrogens (tertiary/aromatic N) is 3. The molecule has 10 heteroatoms. The fraction of sp³-hybridized carbons (Fsp3) is 0.176. The highest BCUT2D eigenvalue weighted by Gasteiger charge is 2.16. The summed E-state index contributed by atoms with van der Waals surface area (Å²) in [5.74, 6) is -0.489. The Morgan fingerprint density at radius 1 is 1.37 bits per heavy atom. The van der Waals surface area contributed by atoms with Gasteiger partial charge in [-0.3, -0.25) is 5.32 Å². The minimum Gasteiger partial charge on any atom is -0.465 e. The molecule has 0 bridgehead atoms. The van der Waals surface area contributed by atoms with Gasteiger partial charge in [0.1, 0.15) is 17.1 Å². The molecule has 0 aliphatic heterocycles. The molecule has 0 fully saturated rings. The van der Waals surface area contributed by atoms with Crippen molar-refractivity contribution in [3.63, 3.8) is 0 Å². The van der Waals surface area contributed by atoms with E-state index in [1.54, 1.807) is 24.3 Å². The van der Waals surface area contributed by atoms with Crippen LogP contribution in [0.25, 0.3) is 0 Å². The largest absolute Gasteiger partial charge is 0.465 e. The van der Waals surface area contributed by atoms with Crippen molar-refractivity contribution >= 4 is 45.6 Å². The summed E-state index contributed by atoms with van der Waals surface area (Å²) < 4.78 is 20.0. The lowest BCUT2D eigenvalue weighted by atomic mass is 10.2. The van der Waals surface area contributed by atoms with Crippen LogP contribution < -0.4 is 10.6 Å². The van der Waals surface area contributed by atoms with Gasteiger partial charge in [0.15, 0.2) is 5.11 Å². The Kier molecular flexibility index (Phi) is 5.77. The number of nitrogens with one attached hydrogen (secondary N) is 2. The van der Waals surface area contributed by atoms with Crippen LogP contribution in [0.3, 0.4) is 0 Å². The van der Waals surface area contributed by atoms with Crippen molar-refractivity contribution < 1.29 is 13.9 Å². The van der Waals surface area contributed by atoms with E-state index in [0.717, 1.165) is 4.88 Å². The summed E-state index contributed by atoms with van der Waals surface area (Å²) in [7, 11) is 1.32. The lowest BCUT2D eigenvalue weighted by molar-refractivity contribution is 0.0602. The van der Waals surface area contributed by atoms with Crippen molar-refractivity contribution in [1.82, 2.24) is 14.8 Å². The predicted molar refractivity (Wildman–Crippen MR) is 106 cm³/mol. The molecule has 27 heavy (non-hydrogen) atoms. The van der Waals surface area contributed by atoms with Crippen LogP contribution in [0.4, 0.5) is 15.3 Å². The molecule has 1 aromatic carbocycles. The van der Waals surface area contributed by atoms with Crippen LogP contribution in [-0.2, 0) is 11.3 Å². The van der Waals surface area contributed by atoms with E-state index in [1.165, 1.54) is 35.5 Å². The highest BCUT2D eigenvalue weighted by Crippen LogP contribution is 2.28. The topological polar surface area (TPSA) is 81.1 Å². The van der Waals surface area contributed by atoms with Crippen LogP contribution in [0.15, 0.2) is 36.7 Å². The molecule has 0 aliphatic carbocycles. The van der Waals surface area contributed by atoms with Gasteiger partial charge in [-0.1, -0.05) is 18.2 Å². The second kappa shape index (κ2) is 8.23. The average Bonchev–Trinajstić information content (AvgIpc) is 3.22. The van der Waals surface area contributed by atoms with Crippen LogP contribution in [0.5, 0.6) is 0 Å². The Morgan fingerprint density at radius 2 is 2.15 bits per heavy atom. The number of anilines is 2. The molecule has 0 amide bonds. The van der Waals surface area contributed by atoms with Crippen molar-refractivity contribution in [3.05, 3.63) is 58.5 Å². The maximum atomic E-state index is 13.7. The van der Waals surface area contributed by atoms with Crippen molar-refractivity contribution in [2.75, 3.05) is 17.7 Å². The Labute approximate surface area is 164 Å². The van der Waals surface area contributed by atoms with Gasteiger partial charge in [-0.25, -0.2) is 18.9 Å². The quantitative estimate of drug-likeness (QED) is 0.497. The van der Waals surface area contributed by atoms with Gasteiger partial charge < -0.3 is 10.1 Å². The smallest absolute Gasteiger partial charge is 0.340 e. The highest BCUT2D eigenvalue weighted by atomic mass is 32.1. The minimum absolute atomic E-state index is 0.227. The molecule has 2 aromatic heterocycles. The van der Waals surface area contributed by atoms with Crippen LogP contribution in [0, 0.1) is 12.7 Å². The van der Waals surface area contributed by atoms with E-state index in [4.69, 9.17) is 17.0 Å². The molecule has 7 nitrogen and oxygen atoms in total. The monoisotopic (exact) mass is 405 g/mol. The van der Waals surface area contributed by atoms with E-state index >= 15 is 0 Å². The van der Waals surface area contributed by atoms with Gasteiger partial charge in [-0.15, -0.1) is 16.4 Å². The fourth-order valence-corrected chi connectivity index (χ4v) is 3.50. The summed E-state index contributed by atoms with van der Waals surface area (Å²) in [6.45, 7) is 2.13. The molecular formula is C17H16FN5O2S2. The summed E-state index contributed by atoms with van der Waals surface area (Å²) >= 11 is 6.63. The Hall–Kier alpha value is -2.85. The van der Waals surface area contributed by atoms with E-state index in [0.29, 0.717) is 16.1 Å². The number of hydrogen-bond donors (Lipinski definition) is 2. The van der Waals surface area contributed by atoms with Gasteiger partial charge >= 0.3 is 5.97 Å². The number of ether oxygens (including phenoxy) is 1. The second-order valence-electron chi connectivity index (χ2n) is 5.53. The number of benzene rings is 1. The first-order valence-electron chi connectivity index (χ1n) is 7.86. The number of methoxy groups -OCH3 is 1. The van der Waals surface area contributed by atoms with Crippen LogP contribution in [-0.4, -0.2) is 33.0 Å². The summed E-state index contributed by atoms with van der Waals surface area (Å²) in [5.41, 5.74) is 0.911. The number of thiophene rings is 1. The first-order valence-corrected chi connectivity index (χ1v) is 9.08. The summed E-state index contributed by atoms with van der Waals surface area (Å²) in [6, 6.07) is 8.20. The Balaban J connectivity index is 1.65. The van der Waals surface area contributed by atoms with Crippen molar-refractivity contribution in [1.29, 1.82) is 0 Å². The average molecular weight is 405 g/mol. The Morgan fingerprint density at radius 3 is 2.89 bits per heavy atom. The molecule has 2 heterocycles. The molecular weight excluding hydrogens is 389 g/mol. The molecule has 0 aliphatic rings. The van der Waals surface area contributed by atoms with Gasteiger partial charge in [-0.2, -0.15) is 0 Å². The molecule has 0 saturated carbocycles. The van der Waals surface area contributed by atoms with Gasteiger partial charge in [-0.05, 0) is 31.3 Å². The Bertz CT molecular complexity index is 985. The number of thiocarbonyl (C=S) groups is 1. The number of carbonyl (C=O) groups excluding carboxylic acids is 1. The minimum atomic E-state index is -0.447. The standard InChI is InChI=1S/C17H16FN5O2S2/c1-10-7-12(15(24)25-2)14(27-10)20-17(26)21-16-19-9-23(22-16)8-11-5-3-4-6-13(11)18/h3-7,9H,8H2,1-2H3,(H2,20,21,22,26). The number of rotatable bonds is 5. The molecule has 0 saturated heterocycles. The highest BCUT2D eigenvalue weighted by molar-refractivity contribution is 7.80. The molecule has 3 rings (SSSR count). The zero-order chi connectivity index (χ0) is 19.4. The van der Waals surface area contributed by atoms with E-state index in [1.807, 2.05) is 6.92 Å². The van der Waals surface area contributed by atoms with Gasteiger partial charge in [0.05, 0.1) is 19.2 Å². The maximum absolute atomic E-state index is 13.7. The van der Waals surface area contributed by atoms with E-state index in [9.17, 15) is 9.18 Å². The van der Waals surface area contributed by atoms with Crippen molar-refractivity contribution in [2.45, 2.75) is 13.5 Å². The number of aromatic nitrogens is 3. The van der Waals surface area contributed by atoms with E-state index in [-0.39, 0.29) is 23.4 Å². The third-order valence-electron chi connectivity index (χ3n) is 3.54. The van der Waals surface area contributed by atoms with Gasteiger partial charge in [0, 0.05) is 10.4 Å². The van der Waals surface area contributed by atoms with Crippen LogP contribution in [0.2, 0.25) is 0 Å². The van der Waals surface area contributed by atoms with E-state index in [2.05, 4.69) is 20.7 Å². The number of esters is 1. The van der Waals surface area contributed by atoms with Crippen LogP contribution >= 0.6 is 23.6 Å². The third-order valence-corrected chi connectivity index (χ3v) is 4.71. The summed E-state index contributed by atoms with van der Waals surface area (Å²) in [6.07, 6.45) is 1.48. The lowest BCUT2D eigenvalue weighted by Gasteiger charge is -2.07. The molecule has 2 N–H and O–H groups in total. The number of halogens is 1. The summed E-state index contributed by atoms with van der Waals surface area (Å²) in [4.78, 5) is 16.9. The second-order valence-corrected chi connectivity index (χ2v) is 7.19. The van der Waals surface area contributed by atoms with Crippen molar-refractivity contribution in [2.24, 2.45) is 0 Å². The van der Waals surface area contributed by atoms with Gasteiger partial charge in [0.2, 0.25) is 5.95 Å². The van der Waals surface area contributed by atoms with Gasteiger partial charge in [0.25, 0.3) is 0 Å². The fourth-order valence-electron chi connectivity index (χ4n) is 2.33. The third kappa shape index (κ3) is 4.66. The SMILES string of the molecule is COC(=O)c1cc(C)sc1NC(=S)Nc1ncn(Cc2ccccc2F)n1. The number of carbonyl (C=O) groups is 1. The lowest BCUT2D eigenvalue weighted by Crippen LogP contribution is -2.20. The summed E-state index contributed by atoms with van der Waals surface area (Å²) in [5, 5.41) is 10.8. The molecule has 3 aromatic rings. The first-order chi connectivity index (χ1) is 13.0. The zero-order valence-electron chi connectivity index (χ0n) is 14.5. The molecule has 140 valence electrons. The number of hydrogen-bond acceptors (Lipinski definition) is 6. The normalized spacial score (nSPS) is 10.5. The number of aryl methyl sites for hydroxylation is 1. The zero-order valence-corrected chi connectivity index (χ0v) is 16.2.